The maximum atomic E-state index is 13.6. The van der Waals surface area contributed by atoms with Crippen LogP contribution < -0.4 is 31.3 Å². The molecule has 0 saturated heterocycles. The van der Waals surface area contributed by atoms with E-state index in [4.69, 9.17) is 8.83 Å². The van der Waals surface area contributed by atoms with Gasteiger partial charge in [-0.3, -0.25) is 14.4 Å². The first-order valence-electron chi connectivity index (χ1n) is 22.1. The summed E-state index contributed by atoms with van der Waals surface area (Å²) in [5.74, 6) is -4.65. The van der Waals surface area contributed by atoms with Gasteiger partial charge in [0, 0.05) is 69.4 Å². The third-order valence-corrected chi connectivity index (χ3v) is 12.2. The van der Waals surface area contributed by atoms with E-state index in [0.29, 0.717) is 62.0 Å². The maximum absolute atomic E-state index is 13.6. The lowest BCUT2D eigenvalue weighted by molar-refractivity contribution is 0.0682. The average Bonchev–Trinajstić information content (AvgIpc) is 3.35. The number of fused-ring (bicyclic) bond motifs is 4. The van der Waals surface area contributed by atoms with E-state index in [9.17, 15) is 49.2 Å². The van der Waals surface area contributed by atoms with Crippen molar-refractivity contribution in [3.8, 4) is 50.7 Å². The van der Waals surface area contributed by atoms with Crippen molar-refractivity contribution >= 4 is 51.7 Å². The van der Waals surface area contributed by atoms with Crippen LogP contribution in [0.25, 0.3) is 66.8 Å². The fraction of sp³-hybridized carbons (Fsp3) is 0.109. The predicted molar refractivity (Wildman–Crippen MR) is 264 cm³/mol. The van der Waals surface area contributed by atoms with Crippen LogP contribution in [0.2, 0.25) is 0 Å². The zero-order chi connectivity index (χ0) is 50.2. The number of carboxylic acid groups (broad SMARTS) is 3. The van der Waals surface area contributed by atoms with Crippen LogP contribution in [0.3, 0.4) is 0 Å². The Hall–Kier alpha value is -9.41. The molecule has 0 unspecified atom stereocenters. The van der Waals surface area contributed by atoms with Crippen LogP contribution in [0, 0.1) is 0 Å². The molecule has 0 atom stereocenters. The van der Waals surface area contributed by atoms with Crippen molar-refractivity contribution in [3.63, 3.8) is 0 Å². The van der Waals surface area contributed by atoms with Crippen LogP contribution >= 0.6 is 0 Å². The number of phenols is 1. The quantitative estimate of drug-likeness (QED) is 0.0438. The Bertz CT molecular complexity index is 3760. The van der Waals surface area contributed by atoms with Crippen LogP contribution in [0.5, 0.6) is 5.75 Å². The Kier molecular flexibility index (Phi) is 12.5. The van der Waals surface area contributed by atoms with Crippen LogP contribution in [0.1, 0.15) is 68.5 Å². The van der Waals surface area contributed by atoms with Crippen LogP contribution in [-0.4, -0.2) is 71.3 Å². The smallest absolute Gasteiger partial charge is 0.336 e. The molecule has 0 aromatic heterocycles. The molecule has 2 heterocycles. The number of rotatable bonds is 13. The van der Waals surface area contributed by atoms with E-state index in [1.54, 1.807) is 36.4 Å². The molecule has 16 heteroatoms. The summed E-state index contributed by atoms with van der Waals surface area (Å²) in [5, 5.41) is 52.0. The molecule has 2 aliphatic heterocycles. The SMILES string of the molecule is CNCc1ccc2c(-c3ccc(C(=O)NCc4ccc(C(=O)NCc5c(O)ccc6c(-c7ccc(C(=O)O)cc7C(=O)O)c7ccc(=O)cc-7oc56)cc4)cc3C(=O)O)c3ccc(=[N+](C)C)cc-3oc2c1. The van der Waals surface area contributed by atoms with Gasteiger partial charge in [0.2, 0.25) is 5.36 Å². The second-order valence-corrected chi connectivity index (χ2v) is 17.0. The van der Waals surface area contributed by atoms with Crippen molar-refractivity contribution < 1.29 is 53.2 Å². The lowest BCUT2D eigenvalue weighted by Gasteiger charge is -2.19. The fourth-order valence-electron chi connectivity index (χ4n) is 8.73. The molecule has 0 bridgehead atoms. The minimum absolute atomic E-state index is 0.0406. The zero-order valence-electron chi connectivity index (χ0n) is 38.2. The van der Waals surface area contributed by atoms with Gasteiger partial charge < -0.3 is 45.2 Å². The van der Waals surface area contributed by atoms with Crippen LogP contribution in [0.15, 0.2) is 141 Å². The van der Waals surface area contributed by atoms with E-state index in [1.165, 1.54) is 48.5 Å². The number of aromatic carboxylic acids is 3. The number of carboxylic acids is 3. The summed E-state index contributed by atoms with van der Waals surface area (Å²) in [7, 11) is 5.68. The van der Waals surface area contributed by atoms with Gasteiger partial charge in [-0.15, -0.1) is 0 Å². The monoisotopic (exact) mass is 951 g/mol. The summed E-state index contributed by atoms with van der Waals surface area (Å²) in [6, 6.07) is 32.9. The summed E-state index contributed by atoms with van der Waals surface area (Å²) in [6.07, 6.45) is 0. The number of phenolic OH excluding ortho intramolecular Hbond substituents is 1. The Labute approximate surface area is 403 Å². The first-order valence-corrected chi connectivity index (χ1v) is 22.1. The first kappa shape index (κ1) is 46.7. The highest BCUT2D eigenvalue weighted by molar-refractivity contribution is 6.11. The van der Waals surface area contributed by atoms with Crippen molar-refractivity contribution in [1.82, 2.24) is 20.5 Å². The summed E-state index contributed by atoms with van der Waals surface area (Å²) in [5.41, 5.74) is 4.19. The first-order chi connectivity index (χ1) is 34.1. The Balaban J connectivity index is 0.946. The number of hydrogen-bond acceptors (Lipinski definition) is 10. The van der Waals surface area contributed by atoms with E-state index in [0.717, 1.165) is 17.0 Å². The molecule has 9 rings (SSSR count). The third kappa shape index (κ3) is 9.05. The van der Waals surface area contributed by atoms with Gasteiger partial charge in [0.05, 0.1) is 34.9 Å². The van der Waals surface area contributed by atoms with Gasteiger partial charge in [0.25, 0.3) is 11.8 Å². The average molecular weight is 952 g/mol. The van der Waals surface area contributed by atoms with Crippen LogP contribution in [0.4, 0.5) is 0 Å². The highest BCUT2D eigenvalue weighted by Gasteiger charge is 2.27. The van der Waals surface area contributed by atoms with Gasteiger partial charge in [-0.25, -0.2) is 19.0 Å². The molecule has 7 N–H and O–H groups in total. The fourth-order valence-corrected chi connectivity index (χ4v) is 8.73. The van der Waals surface area contributed by atoms with Gasteiger partial charge in [-0.1, -0.05) is 36.4 Å². The summed E-state index contributed by atoms with van der Waals surface area (Å²) < 4.78 is 14.5. The molecule has 5 aromatic rings. The molecule has 16 nitrogen and oxygen atoms in total. The van der Waals surface area contributed by atoms with E-state index < -0.39 is 35.2 Å². The minimum atomic E-state index is -1.40. The second-order valence-electron chi connectivity index (χ2n) is 17.0. The van der Waals surface area contributed by atoms with Crippen molar-refractivity contribution in [3.05, 3.63) is 187 Å². The molecule has 0 spiro atoms. The maximum Gasteiger partial charge on any atom is 0.336 e. The summed E-state index contributed by atoms with van der Waals surface area (Å²) >= 11 is 0. The van der Waals surface area contributed by atoms with Gasteiger partial charge in [-0.05, 0) is 102 Å². The minimum Gasteiger partial charge on any atom is -0.507 e. The number of hydrogen-bond donors (Lipinski definition) is 7. The summed E-state index contributed by atoms with van der Waals surface area (Å²) in [4.78, 5) is 76.7. The molecule has 0 fully saturated rings. The third-order valence-electron chi connectivity index (χ3n) is 12.2. The molecule has 5 aromatic carbocycles. The molecule has 0 saturated carbocycles. The molecule has 4 aliphatic rings. The van der Waals surface area contributed by atoms with Crippen molar-refractivity contribution in [1.29, 1.82) is 0 Å². The number of carbonyl (C=O) groups is 5. The standard InChI is InChI=1S/C55H42N4O12/c1-56-25-29-6-13-37-45(20-29)70-46-23-33(59(2)3)11-16-38(46)48(37)35-14-9-31(21-41(35)54(66)67)52(63)57-26-28-4-7-30(8-5-28)51(62)58-27-43-44(61)19-18-40-49(39-17-12-34(60)24-47(39)71-50(40)43)36-15-10-32(53(64)65)22-42(36)55(68)69/h4-24,56H,25-27H2,1-3H3,(H5-,57,58,60,61,62,63,64,65,66,67,68,69)/p+1. The normalized spacial score (nSPS) is 11.3. The van der Waals surface area contributed by atoms with Gasteiger partial charge >= 0.3 is 17.9 Å². The summed E-state index contributed by atoms with van der Waals surface area (Å²) in [6.45, 7) is 0.369. The Morgan fingerprint density at radius 2 is 1.10 bits per heavy atom. The molecule has 2 aliphatic carbocycles. The van der Waals surface area contributed by atoms with E-state index in [1.807, 2.05) is 62.1 Å². The molecule has 354 valence electrons. The van der Waals surface area contributed by atoms with E-state index >= 15 is 0 Å². The van der Waals surface area contributed by atoms with Crippen LogP contribution in [-0.2, 0) is 19.6 Å². The number of nitrogens with zero attached hydrogens (tertiary/aromatic N) is 1. The number of aromatic hydroxyl groups is 1. The van der Waals surface area contributed by atoms with Crippen molar-refractivity contribution in [2.45, 2.75) is 19.6 Å². The number of carbonyl (C=O) groups excluding carboxylic acids is 2. The number of amides is 2. The van der Waals surface area contributed by atoms with E-state index in [2.05, 4.69) is 16.0 Å². The molecule has 2 amide bonds. The lowest BCUT2D eigenvalue weighted by atomic mass is 9.89. The lowest BCUT2D eigenvalue weighted by Crippen LogP contribution is -2.24. The topological polar surface area (TPSA) is 249 Å². The van der Waals surface area contributed by atoms with Gasteiger partial charge in [0.1, 0.15) is 42.5 Å². The number of benzene rings is 7. The van der Waals surface area contributed by atoms with Gasteiger partial charge in [0.15, 0.2) is 5.43 Å². The Morgan fingerprint density at radius 1 is 0.535 bits per heavy atom. The van der Waals surface area contributed by atoms with E-state index in [-0.39, 0.29) is 69.1 Å². The largest absolute Gasteiger partial charge is 0.507 e. The molecule has 0 radical (unpaired) electrons. The second kappa shape index (κ2) is 18.9. The van der Waals surface area contributed by atoms with Crippen molar-refractivity contribution in [2.75, 3.05) is 21.1 Å². The zero-order valence-corrected chi connectivity index (χ0v) is 38.2. The van der Waals surface area contributed by atoms with Crippen molar-refractivity contribution in [2.24, 2.45) is 0 Å². The Morgan fingerprint density at radius 3 is 1.76 bits per heavy atom. The number of nitrogens with one attached hydrogen (secondary N) is 3. The molecule has 71 heavy (non-hydrogen) atoms. The predicted octanol–water partition coefficient (Wildman–Crippen LogP) is 7.49. The highest BCUT2D eigenvalue weighted by atomic mass is 16.4. The van der Waals surface area contributed by atoms with Gasteiger partial charge in [-0.2, -0.15) is 0 Å². The highest BCUT2D eigenvalue weighted by Crippen LogP contribution is 2.45. The molecular weight excluding hydrogens is 909 g/mol. The molecular formula is C55H43N4O12+.